The molecule has 0 saturated carbocycles. The van der Waals surface area contributed by atoms with E-state index in [0.717, 1.165) is 5.69 Å². The Bertz CT molecular complexity index is 685. The summed E-state index contributed by atoms with van der Waals surface area (Å²) in [7, 11) is 1.34. The Hall–Kier alpha value is -2.56. The molecule has 2 rings (SSSR count). The number of piperazine rings is 1. The van der Waals surface area contributed by atoms with E-state index >= 15 is 0 Å². The van der Waals surface area contributed by atoms with Gasteiger partial charge in [-0.15, -0.1) is 0 Å². The maximum atomic E-state index is 12.0. The largest absolute Gasteiger partial charge is 0.465 e. The lowest BCUT2D eigenvalue weighted by Gasteiger charge is -2.36. The zero-order chi connectivity index (χ0) is 18.2. The van der Waals surface area contributed by atoms with Gasteiger partial charge in [0.05, 0.1) is 19.2 Å². The van der Waals surface area contributed by atoms with Gasteiger partial charge in [0.2, 0.25) is 5.91 Å². The highest BCUT2D eigenvalue weighted by atomic mass is 16.5. The molecule has 0 atom stereocenters. The second-order valence-electron chi connectivity index (χ2n) is 5.63. The van der Waals surface area contributed by atoms with Crippen LogP contribution >= 0.6 is 0 Å². The van der Waals surface area contributed by atoms with Gasteiger partial charge in [0, 0.05) is 50.4 Å². The molecular weight excluding hydrogens is 320 g/mol. The molecule has 0 aliphatic carbocycles. The van der Waals surface area contributed by atoms with E-state index in [-0.39, 0.29) is 12.5 Å². The lowest BCUT2D eigenvalue weighted by Crippen LogP contribution is -2.49. The maximum Gasteiger partial charge on any atom is 0.339 e. The lowest BCUT2D eigenvalue weighted by atomic mass is 10.1. The van der Waals surface area contributed by atoms with E-state index in [1.54, 1.807) is 12.1 Å². The summed E-state index contributed by atoms with van der Waals surface area (Å²) in [5, 5.41) is 0. The Kier molecular flexibility index (Phi) is 6.81. The highest BCUT2D eigenvalue weighted by molar-refractivity contribution is 5.93. The van der Waals surface area contributed by atoms with Crippen LogP contribution in [0.25, 0.3) is 0 Å². The first-order chi connectivity index (χ1) is 12.1. The van der Waals surface area contributed by atoms with Crippen LogP contribution in [0, 0.1) is 11.8 Å². The number of carbonyl (C=O) groups is 2. The second-order valence-corrected chi connectivity index (χ2v) is 5.63. The number of methoxy groups -OCH3 is 1. The maximum absolute atomic E-state index is 12.0. The average molecular weight is 344 g/mol. The van der Waals surface area contributed by atoms with Crippen molar-refractivity contribution in [2.24, 2.45) is 11.5 Å². The monoisotopic (exact) mass is 344 g/mol. The number of hydrogen-bond donors (Lipinski definition) is 2. The topological polar surface area (TPSA) is 102 Å². The van der Waals surface area contributed by atoms with E-state index in [9.17, 15) is 9.59 Å². The van der Waals surface area contributed by atoms with Crippen molar-refractivity contribution in [2.75, 3.05) is 51.3 Å². The van der Waals surface area contributed by atoms with Crippen LogP contribution in [0.15, 0.2) is 18.2 Å². The van der Waals surface area contributed by atoms with Crippen molar-refractivity contribution >= 4 is 17.6 Å². The molecule has 7 heteroatoms. The summed E-state index contributed by atoms with van der Waals surface area (Å²) in [5.74, 6) is 5.31. The molecule has 0 radical (unpaired) electrons. The van der Waals surface area contributed by atoms with Gasteiger partial charge in [-0.1, -0.05) is 11.8 Å². The Balaban J connectivity index is 2.15. The number of benzene rings is 1. The van der Waals surface area contributed by atoms with Crippen molar-refractivity contribution < 1.29 is 14.3 Å². The van der Waals surface area contributed by atoms with Crippen LogP contribution in [0.3, 0.4) is 0 Å². The van der Waals surface area contributed by atoms with Gasteiger partial charge in [-0.05, 0) is 18.2 Å². The molecule has 25 heavy (non-hydrogen) atoms. The summed E-state index contributed by atoms with van der Waals surface area (Å²) >= 11 is 0. The Labute approximate surface area is 147 Å². The number of amides is 1. The van der Waals surface area contributed by atoms with Gasteiger partial charge in [-0.2, -0.15) is 0 Å². The van der Waals surface area contributed by atoms with Gasteiger partial charge >= 0.3 is 5.97 Å². The zero-order valence-corrected chi connectivity index (χ0v) is 14.5. The highest BCUT2D eigenvalue weighted by Gasteiger charge is 2.22. The smallest absolute Gasteiger partial charge is 0.339 e. The van der Waals surface area contributed by atoms with Crippen LogP contribution in [0.2, 0.25) is 0 Å². The van der Waals surface area contributed by atoms with Gasteiger partial charge in [0.15, 0.2) is 0 Å². The van der Waals surface area contributed by atoms with E-state index in [2.05, 4.69) is 16.7 Å². The molecule has 1 saturated heterocycles. The van der Waals surface area contributed by atoms with Crippen LogP contribution in [0.4, 0.5) is 5.69 Å². The fourth-order valence-electron chi connectivity index (χ4n) is 2.76. The Morgan fingerprint density at radius 2 is 1.92 bits per heavy atom. The number of anilines is 1. The molecule has 1 fully saturated rings. The van der Waals surface area contributed by atoms with Crippen molar-refractivity contribution in [3.05, 3.63) is 29.3 Å². The first-order valence-electron chi connectivity index (χ1n) is 8.24. The normalized spacial score (nSPS) is 13.9. The molecule has 0 bridgehead atoms. The van der Waals surface area contributed by atoms with E-state index in [4.69, 9.17) is 16.2 Å². The van der Waals surface area contributed by atoms with Gasteiger partial charge < -0.3 is 26.0 Å². The Morgan fingerprint density at radius 3 is 2.52 bits per heavy atom. The minimum Gasteiger partial charge on any atom is -0.465 e. The van der Waals surface area contributed by atoms with Gasteiger partial charge in [0.1, 0.15) is 0 Å². The minimum absolute atomic E-state index is 0.0878. The van der Waals surface area contributed by atoms with Gasteiger partial charge in [-0.3, -0.25) is 4.79 Å². The van der Waals surface area contributed by atoms with Crippen LogP contribution < -0.4 is 16.4 Å². The van der Waals surface area contributed by atoms with Crippen molar-refractivity contribution in [2.45, 2.75) is 6.42 Å². The van der Waals surface area contributed by atoms with Crippen LogP contribution in [-0.4, -0.2) is 63.2 Å². The number of carbonyl (C=O) groups excluding carboxylic acids is 2. The molecule has 0 spiro atoms. The fourth-order valence-corrected chi connectivity index (χ4v) is 2.76. The third-order valence-electron chi connectivity index (χ3n) is 4.09. The van der Waals surface area contributed by atoms with E-state index < -0.39 is 5.97 Å². The SMILES string of the molecule is COC(=O)c1cc(N2CCN(C(=O)CCN)CC2)ccc1C#CCN. The van der Waals surface area contributed by atoms with Crippen LogP contribution in [0.1, 0.15) is 22.3 Å². The predicted octanol–water partition coefficient (Wildman–Crippen LogP) is -0.219. The summed E-state index contributed by atoms with van der Waals surface area (Å²) in [6.07, 6.45) is 0.376. The minimum atomic E-state index is -0.431. The quantitative estimate of drug-likeness (QED) is 0.578. The van der Waals surface area contributed by atoms with Crippen molar-refractivity contribution in [1.82, 2.24) is 4.90 Å². The van der Waals surface area contributed by atoms with Crippen molar-refractivity contribution in [3.63, 3.8) is 0 Å². The molecular formula is C18H24N4O3. The molecule has 1 amide bonds. The molecule has 1 aromatic carbocycles. The standard InChI is InChI=1S/C18H24N4O3/c1-25-18(24)16-13-15(5-4-14(16)3-2-7-19)21-9-11-22(12-10-21)17(23)6-8-20/h4-5,13H,6-12,19-20H2,1H3. The van der Waals surface area contributed by atoms with Crippen LogP contribution in [-0.2, 0) is 9.53 Å². The number of hydrogen-bond acceptors (Lipinski definition) is 6. The van der Waals surface area contributed by atoms with Crippen LogP contribution in [0.5, 0.6) is 0 Å². The Morgan fingerprint density at radius 1 is 1.20 bits per heavy atom. The predicted molar refractivity (Wildman–Crippen MR) is 96.2 cm³/mol. The molecule has 7 nitrogen and oxygen atoms in total. The number of esters is 1. The van der Waals surface area contributed by atoms with Crippen molar-refractivity contribution in [1.29, 1.82) is 0 Å². The fraction of sp³-hybridized carbons (Fsp3) is 0.444. The van der Waals surface area contributed by atoms with E-state index in [0.29, 0.717) is 50.3 Å². The van der Waals surface area contributed by atoms with Gasteiger partial charge in [0.25, 0.3) is 0 Å². The molecule has 1 aliphatic rings. The average Bonchev–Trinajstić information content (AvgIpc) is 2.66. The van der Waals surface area contributed by atoms with E-state index in [1.807, 2.05) is 11.0 Å². The first kappa shape index (κ1) is 18.8. The number of nitrogens with zero attached hydrogens (tertiary/aromatic N) is 2. The molecule has 1 aromatic rings. The molecule has 1 aliphatic heterocycles. The molecule has 0 aromatic heterocycles. The second kappa shape index (κ2) is 9.06. The summed E-state index contributed by atoms with van der Waals surface area (Å²) < 4.78 is 4.85. The first-order valence-corrected chi connectivity index (χ1v) is 8.24. The lowest BCUT2D eigenvalue weighted by molar-refractivity contribution is -0.131. The molecule has 0 unspecified atom stereocenters. The number of rotatable bonds is 4. The van der Waals surface area contributed by atoms with Gasteiger partial charge in [-0.25, -0.2) is 4.79 Å². The third kappa shape index (κ3) is 4.72. The third-order valence-corrected chi connectivity index (χ3v) is 4.09. The van der Waals surface area contributed by atoms with Crippen molar-refractivity contribution in [3.8, 4) is 11.8 Å². The van der Waals surface area contributed by atoms with E-state index in [1.165, 1.54) is 7.11 Å². The summed E-state index contributed by atoms with van der Waals surface area (Å²) in [4.78, 5) is 27.9. The number of ether oxygens (including phenoxy) is 1. The summed E-state index contributed by atoms with van der Waals surface area (Å²) in [6, 6.07) is 5.50. The molecule has 1 heterocycles. The summed E-state index contributed by atoms with van der Waals surface area (Å²) in [6.45, 7) is 3.27. The highest BCUT2D eigenvalue weighted by Crippen LogP contribution is 2.22. The molecule has 4 N–H and O–H groups in total. The summed E-state index contributed by atoms with van der Waals surface area (Å²) in [5.41, 5.74) is 12.8. The zero-order valence-electron chi connectivity index (χ0n) is 14.5. The number of nitrogens with two attached hydrogens (primary N) is 2. The molecule has 134 valence electrons.